The van der Waals surface area contributed by atoms with Crippen molar-refractivity contribution in [2.24, 2.45) is 5.73 Å². The van der Waals surface area contributed by atoms with E-state index in [1.165, 1.54) is 14.2 Å². The summed E-state index contributed by atoms with van der Waals surface area (Å²) >= 11 is 0. The van der Waals surface area contributed by atoms with Crippen molar-refractivity contribution in [2.75, 3.05) is 14.2 Å². The Labute approximate surface area is 99.5 Å². The van der Waals surface area contributed by atoms with Crippen LogP contribution in [0.2, 0.25) is 0 Å². The summed E-state index contributed by atoms with van der Waals surface area (Å²) in [6, 6.07) is 6.18. The van der Waals surface area contributed by atoms with Crippen LogP contribution in [0.25, 0.3) is 0 Å². The molecule has 0 unspecified atom stereocenters. The van der Waals surface area contributed by atoms with E-state index < -0.39 is 18.0 Å². The summed E-state index contributed by atoms with van der Waals surface area (Å²) in [4.78, 5) is 22.6. The first-order valence-corrected chi connectivity index (χ1v) is 5.09. The van der Waals surface area contributed by atoms with E-state index in [0.717, 1.165) is 0 Å². The Kier molecular flexibility index (Phi) is 4.66. The number of carbonyl (C=O) groups excluding carboxylic acids is 2. The number of carbonyl (C=O) groups is 2. The molecule has 0 amide bonds. The minimum Gasteiger partial charge on any atom is -0.469 e. The molecule has 1 aromatic carbocycles. The summed E-state index contributed by atoms with van der Waals surface area (Å²) in [5.41, 5.74) is 6.80. The normalized spacial score (nSPS) is 11.7. The van der Waals surface area contributed by atoms with Gasteiger partial charge in [0.25, 0.3) is 0 Å². The fourth-order valence-corrected chi connectivity index (χ4v) is 1.49. The maximum atomic E-state index is 11.5. The van der Waals surface area contributed by atoms with Gasteiger partial charge in [-0.15, -0.1) is 0 Å². The molecule has 5 heteroatoms. The standard InChI is InChI=1S/C12H15NO4/c1-16-11(14)7-10(13)8-5-3-4-6-9(8)12(15)17-2/h3-6,10H,7,13H2,1-2H3/t10-/m1/s1. The van der Waals surface area contributed by atoms with Crippen LogP contribution in [0.1, 0.15) is 28.4 Å². The molecule has 0 aromatic heterocycles. The summed E-state index contributed by atoms with van der Waals surface area (Å²) in [5.74, 6) is -0.891. The molecule has 0 radical (unpaired) electrons. The second-order valence-corrected chi connectivity index (χ2v) is 3.47. The fraction of sp³-hybridized carbons (Fsp3) is 0.333. The lowest BCUT2D eigenvalue weighted by molar-refractivity contribution is -0.141. The van der Waals surface area contributed by atoms with E-state index in [2.05, 4.69) is 9.47 Å². The van der Waals surface area contributed by atoms with Crippen molar-refractivity contribution >= 4 is 11.9 Å². The van der Waals surface area contributed by atoms with Gasteiger partial charge in [-0.3, -0.25) is 4.79 Å². The van der Waals surface area contributed by atoms with Crippen molar-refractivity contribution in [2.45, 2.75) is 12.5 Å². The quantitative estimate of drug-likeness (QED) is 0.791. The predicted molar refractivity (Wildman–Crippen MR) is 61.3 cm³/mol. The number of benzene rings is 1. The smallest absolute Gasteiger partial charge is 0.338 e. The third-order valence-electron chi connectivity index (χ3n) is 2.38. The number of hydrogen-bond acceptors (Lipinski definition) is 5. The Morgan fingerprint density at radius 2 is 1.88 bits per heavy atom. The van der Waals surface area contributed by atoms with Crippen LogP contribution in [0.4, 0.5) is 0 Å². The van der Waals surface area contributed by atoms with Crippen LogP contribution in [0.3, 0.4) is 0 Å². The van der Waals surface area contributed by atoms with E-state index >= 15 is 0 Å². The van der Waals surface area contributed by atoms with Gasteiger partial charge in [-0.2, -0.15) is 0 Å². The number of nitrogens with two attached hydrogens (primary N) is 1. The summed E-state index contributed by atoms with van der Waals surface area (Å²) in [5, 5.41) is 0. The lowest BCUT2D eigenvalue weighted by atomic mass is 9.99. The molecule has 0 fully saturated rings. The zero-order chi connectivity index (χ0) is 12.8. The highest BCUT2D eigenvalue weighted by atomic mass is 16.5. The first kappa shape index (κ1) is 13.2. The molecule has 0 spiro atoms. The predicted octanol–water partition coefficient (Wildman–Crippen LogP) is 1.04. The molecule has 17 heavy (non-hydrogen) atoms. The summed E-state index contributed by atoms with van der Waals surface area (Å²) < 4.78 is 9.18. The van der Waals surface area contributed by atoms with Crippen LogP contribution in [0, 0.1) is 0 Å². The van der Waals surface area contributed by atoms with Crippen molar-refractivity contribution in [3.05, 3.63) is 35.4 Å². The number of rotatable bonds is 4. The van der Waals surface area contributed by atoms with Crippen LogP contribution in [0.15, 0.2) is 24.3 Å². The maximum Gasteiger partial charge on any atom is 0.338 e. The summed E-state index contributed by atoms with van der Waals surface area (Å²) in [6.45, 7) is 0. The molecule has 2 N–H and O–H groups in total. The number of ether oxygens (including phenoxy) is 2. The molecular weight excluding hydrogens is 222 g/mol. The minimum absolute atomic E-state index is 0.0184. The molecule has 0 bridgehead atoms. The van der Waals surface area contributed by atoms with Crippen LogP contribution in [-0.2, 0) is 14.3 Å². The van der Waals surface area contributed by atoms with Gasteiger partial charge in [0.05, 0.1) is 26.2 Å². The fourth-order valence-electron chi connectivity index (χ4n) is 1.49. The molecule has 92 valence electrons. The molecule has 1 aromatic rings. The zero-order valence-corrected chi connectivity index (χ0v) is 9.80. The Hall–Kier alpha value is -1.88. The van der Waals surface area contributed by atoms with E-state index in [4.69, 9.17) is 5.73 Å². The van der Waals surface area contributed by atoms with Crippen molar-refractivity contribution < 1.29 is 19.1 Å². The van der Waals surface area contributed by atoms with Gasteiger partial charge in [0.1, 0.15) is 0 Å². The van der Waals surface area contributed by atoms with Gasteiger partial charge in [-0.25, -0.2) is 4.79 Å². The topological polar surface area (TPSA) is 78.6 Å². The zero-order valence-electron chi connectivity index (χ0n) is 9.80. The van der Waals surface area contributed by atoms with Gasteiger partial charge in [-0.05, 0) is 11.6 Å². The highest BCUT2D eigenvalue weighted by Crippen LogP contribution is 2.19. The van der Waals surface area contributed by atoms with E-state index in [1.54, 1.807) is 24.3 Å². The van der Waals surface area contributed by atoms with Crippen LogP contribution >= 0.6 is 0 Å². The highest BCUT2D eigenvalue weighted by Gasteiger charge is 2.18. The molecular formula is C12H15NO4. The molecule has 0 heterocycles. The molecule has 0 saturated carbocycles. The Bertz CT molecular complexity index is 417. The Morgan fingerprint density at radius 1 is 1.24 bits per heavy atom. The van der Waals surface area contributed by atoms with Crippen LogP contribution < -0.4 is 5.73 Å². The van der Waals surface area contributed by atoms with E-state index in [1.807, 2.05) is 0 Å². The van der Waals surface area contributed by atoms with Gasteiger partial charge in [0, 0.05) is 6.04 Å². The lowest BCUT2D eigenvalue weighted by Gasteiger charge is -2.14. The average molecular weight is 237 g/mol. The van der Waals surface area contributed by atoms with Crippen molar-refractivity contribution in [1.29, 1.82) is 0 Å². The van der Waals surface area contributed by atoms with E-state index in [9.17, 15) is 9.59 Å². The molecule has 0 aliphatic carbocycles. The van der Waals surface area contributed by atoms with Gasteiger partial charge >= 0.3 is 11.9 Å². The largest absolute Gasteiger partial charge is 0.469 e. The highest BCUT2D eigenvalue weighted by molar-refractivity contribution is 5.91. The van der Waals surface area contributed by atoms with Crippen LogP contribution in [0.5, 0.6) is 0 Å². The molecule has 0 aliphatic heterocycles. The first-order valence-electron chi connectivity index (χ1n) is 5.09. The average Bonchev–Trinajstić information content (AvgIpc) is 2.37. The van der Waals surface area contributed by atoms with Gasteiger partial charge < -0.3 is 15.2 Å². The van der Waals surface area contributed by atoms with Crippen molar-refractivity contribution in [3.8, 4) is 0 Å². The SMILES string of the molecule is COC(=O)C[C@@H](N)c1ccccc1C(=O)OC. The third kappa shape index (κ3) is 3.29. The van der Waals surface area contributed by atoms with Crippen molar-refractivity contribution in [1.82, 2.24) is 0 Å². The molecule has 1 rings (SSSR count). The van der Waals surface area contributed by atoms with Crippen molar-refractivity contribution in [3.63, 3.8) is 0 Å². The van der Waals surface area contributed by atoms with Gasteiger partial charge in [-0.1, -0.05) is 18.2 Å². The number of methoxy groups -OCH3 is 2. The van der Waals surface area contributed by atoms with E-state index in [-0.39, 0.29) is 6.42 Å². The molecule has 5 nitrogen and oxygen atoms in total. The lowest BCUT2D eigenvalue weighted by Crippen LogP contribution is -2.19. The first-order chi connectivity index (χ1) is 8.10. The maximum absolute atomic E-state index is 11.5. The van der Waals surface area contributed by atoms with E-state index in [0.29, 0.717) is 11.1 Å². The third-order valence-corrected chi connectivity index (χ3v) is 2.38. The molecule has 1 atom stereocenters. The number of hydrogen-bond donors (Lipinski definition) is 1. The molecule has 0 aliphatic rings. The number of esters is 2. The van der Waals surface area contributed by atoms with Gasteiger partial charge in [0.15, 0.2) is 0 Å². The van der Waals surface area contributed by atoms with Gasteiger partial charge in [0.2, 0.25) is 0 Å². The minimum atomic E-state index is -0.585. The molecule has 0 saturated heterocycles. The monoisotopic (exact) mass is 237 g/mol. The summed E-state index contributed by atoms with van der Waals surface area (Å²) in [7, 11) is 2.59. The second kappa shape index (κ2) is 6.00. The Morgan fingerprint density at radius 3 is 2.47 bits per heavy atom. The Balaban J connectivity index is 2.96. The second-order valence-electron chi connectivity index (χ2n) is 3.47. The van der Waals surface area contributed by atoms with Crippen LogP contribution in [-0.4, -0.2) is 26.2 Å². The summed E-state index contributed by atoms with van der Waals surface area (Å²) in [6.07, 6.45) is 0.0184.